The number of alkyl halides is 2. The third-order valence-corrected chi connectivity index (χ3v) is 7.46. The van der Waals surface area contributed by atoms with Crippen molar-refractivity contribution >= 4 is 47.9 Å². The molecule has 4 heterocycles. The summed E-state index contributed by atoms with van der Waals surface area (Å²) in [5.41, 5.74) is 6.73. The monoisotopic (exact) mass is 451 g/mol. The van der Waals surface area contributed by atoms with Crippen molar-refractivity contribution in [2.24, 2.45) is 0 Å². The van der Waals surface area contributed by atoms with Gasteiger partial charge in [-0.3, -0.25) is 13.7 Å². The highest BCUT2D eigenvalue weighted by Gasteiger charge is 2.57. The molecule has 5 unspecified atom stereocenters. The molecule has 4 rings (SSSR count). The number of hydrogen-bond acceptors (Lipinski definition) is 8. The van der Waals surface area contributed by atoms with Crippen LogP contribution in [0.1, 0.15) is 6.23 Å². The van der Waals surface area contributed by atoms with Gasteiger partial charge in [-0.1, -0.05) is 0 Å². The van der Waals surface area contributed by atoms with Crippen molar-refractivity contribution in [2.75, 3.05) is 37.2 Å². The molecular formula is C14H20Cl2N7O4P. The van der Waals surface area contributed by atoms with Crippen molar-refractivity contribution in [3.63, 3.8) is 0 Å². The maximum Gasteiger partial charge on any atom is 0.344 e. The first-order valence-corrected chi connectivity index (χ1v) is 11.3. The van der Waals surface area contributed by atoms with Crippen LogP contribution in [0.15, 0.2) is 12.7 Å². The van der Waals surface area contributed by atoms with Crippen LogP contribution in [0.4, 0.5) is 5.82 Å². The van der Waals surface area contributed by atoms with E-state index in [1.54, 1.807) is 9.24 Å². The Morgan fingerprint density at radius 2 is 2.07 bits per heavy atom. The molecule has 0 amide bonds. The van der Waals surface area contributed by atoms with Gasteiger partial charge in [-0.05, 0) is 0 Å². The maximum atomic E-state index is 13.5. The van der Waals surface area contributed by atoms with Crippen molar-refractivity contribution < 1.29 is 18.9 Å². The largest absolute Gasteiger partial charge is 0.394 e. The van der Waals surface area contributed by atoms with Gasteiger partial charge in [0.2, 0.25) is 0 Å². The van der Waals surface area contributed by atoms with Gasteiger partial charge >= 0.3 is 7.67 Å². The fraction of sp³-hybridized carbons (Fsp3) is 0.643. The molecule has 2 aliphatic heterocycles. The van der Waals surface area contributed by atoms with Crippen LogP contribution in [0.3, 0.4) is 0 Å². The molecule has 2 aromatic heterocycles. The zero-order valence-corrected chi connectivity index (χ0v) is 17.1. The Hall–Kier alpha value is -1.04. The average molecular weight is 452 g/mol. The molecular weight excluding hydrogens is 432 g/mol. The van der Waals surface area contributed by atoms with Gasteiger partial charge in [0, 0.05) is 24.8 Å². The van der Waals surface area contributed by atoms with E-state index in [1.807, 2.05) is 0 Å². The van der Waals surface area contributed by atoms with Crippen LogP contribution in [-0.2, 0) is 13.8 Å². The van der Waals surface area contributed by atoms with Crippen molar-refractivity contribution in [3.8, 4) is 0 Å². The lowest BCUT2D eigenvalue weighted by Crippen LogP contribution is -2.39. The molecule has 2 fully saturated rings. The van der Waals surface area contributed by atoms with Crippen molar-refractivity contribution in [1.29, 1.82) is 0 Å². The first-order chi connectivity index (χ1) is 13.5. The molecule has 14 heteroatoms. The molecule has 0 spiro atoms. The molecule has 28 heavy (non-hydrogen) atoms. The van der Waals surface area contributed by atoms with Crippen LogP contribution >= 0.6 is 30.9 Å². The summed E-state index contributed by atoms with van der Waals surface area (Å²) in [5.74, 6) is 0.781. The second-order valence-corrected chi connectivity index (χ2v) is 9.24. The molecule has 0 bridgehead atoms. The molecule has 0 aliphatic carbocycles. The van der Waals surface area contributed by atoms with Gasteiger partial charge in [0.1, 0.15) is 24.1 Å². The van der Waals surface area contributed by atoms with E-state index in [0.29, 0.717) is 24.3 Å². The summed E-state index contributed by atoms with van der Waals surface area (Å²) in [4.78, 5) is 12.4. The Morgan fingerprint density at radius 3 is 2.75 bits per heavy atom. The predicted octanol–water partition coefficient (Wildman–Crippen LogP) is 0.543. The Balaban J connectivity index is 1.68. The van der Waals surface area contributed by atoms with Gasteiger partial charge in [-0.25, -0.2) is 24.7 Å². The third-order valence-electron chi connectivity index (χ3n) is 4.83. The van der Waals surface area contributed by atoms with Crippen LogP contribution in [0, 0.1) is 0 Å². The smallest absolute Gasteiger partial charge is 0.344 e. The van der Waals surface area contributed by atoms with Crippen molar-refractivity contribution in [2.45, 2.75) is 24.5 Å². The second kappa shape index (κ2) is 8.00. The number of anilines is 1. The number of hydrogen-bond donors (Lipinski definition) is 3. The molecule has 0 radical (unpaired) electrons. The number of halogens is 2. The van der Waals surface area contributed by atoms with Gasteiger partial charge in [-0.15, -0.1) is 23.2 Å². The first kappa shape index (κ1) is 20.2. The molecule has 5 atom stereocenters. The number of nitrogens with zero attached hydrogens (tertiary/aromatic N) is 5. The fourth-order valence-corrected chi connectivity index (χ4v) is 6.53. The number of nitrogen functional groups attached to an aromatic ring is 1. The number of nitrogens with one attached hydrogen (secondary N) is 1. The molecule has 154 valence electrons. The van der Waals surface area contributed by atoms with E-state index in [9.17, 15) is 9.67 Å². The summed E-state index contributed by atoms with van der Waals surface area (Å²) in [6.45, 7) is 0.402. The van der Waals surface area contributed by atoms with E-state index in [0.717, 1.165) is 0 Å². The van der Waals surface area contributed by atoms with Gasteiger partial charge in [0.05, 0.1) is 19.0 Å². The summed E-state index contributed by atoms with van der Waals surface area (Å²) in [5, 5.41) is 12.8. The number of imidazole rings is 1. The number of fused-ring (bicyclic) bond motifs is 2. The number of aliphatic hydroxyl groups is 1. The fourth-order valence-electron chi connectivity index (χ4n) is 3.54. The number of aliphatic hydroxyl groups excluding tert-OH is 1. The van der Waals surface area contributed by atoms with E-state index in [-0.39, 0.29) is 24.2 Å². The zero-order chi connectivity index (χ0) is 19.9. The number of rotatable bonds is 7. The molecule has 2 aliphatic rings. The topological polar surface area (TPSA) is 141 Å². The number of nitrogens with two attached hydrogens (primary N) is 1. The summed E-state index contributed by atoms with van der Waals surface area (Å²) < 4.78 is 28.7. The van der Waals surface area contributed by atoms with E-state index >= 15 is 0 Å². The van der Waals surface area contributed by atoms with Crippen LogP contribution in [0.25, 0.3) is 11.2 Å². The molecule has 0 saturated carbocycles. The van der Waals surface area contributed by atoms with Crippen molar-refractivity contribution in [1.82, 2.24) is 29.3 Å². The Kier molecular flexibility index (Phi) is 5.78. The van der Waals surface area contributed by atoms with E-state index in [2.05, 4.69) is 20.0 Å². The Morgan fingerprint density at radius 1 is 1.32 bits per heavy atom. The van der Waals surface area contributed by atoms with Crippen LogP contribution < -0.4 is 10.8 Å². The van der Waals surface area contributed by atoms with Gasteiger partial charge in [0.25, 0.3) is 0 Å². The normalized spacial score (nSPS) is 32.4. The highest BCUT2D eigenvalue weighted by molar-refractivity contribution is 7.54. The highest BCUT2D eigenvalue weighted by Crippen LogP contribution is 2.58. The molecule has 0 aromatic carbocycles. The van der Waals surface area contributed by atoms with E-state index in [1.165, 1.54) is 12.7 Å². The lowest BCUT2D eigenvalue weighted by molar-refractivity contribution is -0.0474. The zero-order valence-electron chi connectivity index (χ0n) is 14.7. The summed E-state index contributed by atoms with van der Waals surface area (Å²) in [6, 6.07) is -0.495. The SMILES string of the molecule is Nc1ncnc2c1ncn2C1OC(CO)C2NP(=O)(N(CCCl)CCCl)OC21. The number of aromatic nitrogens is 4. The summed E-state index contributed by atoms with van der Waals surface area (Å²) in [7, 11) is -3.42. The van der Waals surface area contributed by atoms with E-state index < -0.39 is 32.1 Å². The third kappa shape index (κ3) is 3.29. The predicted molar refractivity (Wildman–Crippen MR) is 103 cm³/mol. The van der Waals surface area contributed by atoms with Gasteiger partial charge in [-0.2, -0.15) is 0 Å². The molecule has 2 aromatic rings. The summed E-state index contributed by atoms with van der Waals surface area (Å²) in [6.07, 6.45) is 0.853. The lowest BCUT2D eigenvalue weighted by Gasteiger charge is -2.28. The molecule has 2 saturated heterocycles. The van der Waals surface area contributed by atoms with E-state index in [4.69, 9.17) is 38.2 Å². The van der Waals surface area contributed by atoms with Crippen LogP contribution in [0.5, 0.6) is 0 Å². The Bertz CT molecular complexity index is 896. The maximum absolute atomic E-state index is 13.5. The standard InChI is InChI=1S/C14H20Cl2N7O4P/c15-1-3-22(4-2-16)28(25)21-9-8(5-24)26-14(11(9)27-28)23-7-20-10-12(17)18-6-19-13(10)23/h6-9,11,14,24H,1-5H2,(H,21,25)(H2,17,18,19). The lowest BCUT2D eigenvalue weighted by atomic mass is 10.1. The van der Waals surface area contributed by atoms with Crippen LogP contribution in [0.2, 0.25) is 0 Å². The highest BCUT2D eigenvalue weighted by atomic mass is 35.5. The summed E-state index contributed by atoms with van der Waals surface area (Å²) >= 11 is 11.7. The Labute approximate surface area is 170 Å². The minimum atomic E-state index is -3.42. The quantitative estimate of drug-likeness (QED) is 0.403. The number of ether oxygens (including phenoxy) is 1. The molecule has 11 nitrogen and oxygen atoms in total. The van der Waals surface area contributed by atoms with Gasteiger partial charge in [0.15, 0.2) is 17.7 Å². The first-order valence-electron chi connectivity index (χ1n) is 8.65. The average Bonchev–Trinajstić information content (AvgIpc) is 3.34. The van der Waals surface area contributed by atoms with Crippen LogP contribution in [-0.4, -0.2) is 79.0 Å². The van der Waals surface area contributed by atoms with Crippen molar-refractivity contribution in [3.05, 3.63) is 12.7 Å². The van der Waals surface area contributed by atoms with Gasteiger partial charge < -0.3 is 15.6 Å². The second-order valence-electron chi connectivity index (χ2n) is 6.41. The minimum Gasteiger partial charge on any atom is -0.394 e. The molecule has 4 N–H and O–H groups in total. The minimum absolute atomic E-state index is 0.239.